The summed E-state index contributed by atoms with van der Waals surface area (Å²) in [5, 5.41) is 5.56. The molecule has 0 aromatic heterocycles. The van der Waals surface area contributed by atoms with E-state index in [0.29, 0.717) is 6.54 Å². The van der Waals surface area contributed by atoms with Crippen LogP contribution in [0.1, 0.15) is 49.9 Å². The van der Waals surface area contributed by atoms with Crippen molar-refractivity contribution in [1.29, 1.82) is 0 Å². The Bertz CT molecular complexity index is 600. The van der Waals surface area contributed by atoms with Gasteiger partial charge >= 0.3 is 0 Å². The van der Waals surface area contributed by atoms with Crippen LogP contribution in [0.5, 0.6) is 0 Å². The van der Waals surface area contributed by atoms with Crippen molar-refractivity contribution in [3.05, 3.63) is 35.6 Å². The lowest BCUT2D eigenvalue weighted by Crippen LogP contribution is -2.50. The van der Waals surface area contributed by atoms with Gasteiger partial charge in [0.2, 0.25) is 5.91 Å². The molecule has 26 heavy (non-hydrogen) atoms. The predicted molar refractivity (Wildman–Crippen MR) is 100 cm³/mol. The maximum Gasteiger partial charge on any atom is 0.254 e. The summed E-state index contributed by atoms with van der Waals surface area (Å²) in [6.45, 7) is 7.56. The molecule has 1 heterocycles. The van der Waals surface area contributed by atoms with E-state index in [9.17, 15) is 14.0 Å². The lowest BCUT2D eigenvalue weighted by Gasteiger charge is -2.26. The Balaban J connectivity index is 1.81. The van der Waals surface area contributed by atoms with Crippen LogP contribution < -0.4 is 10.6 Å². The predicted octanol–water partition coefficient (Wildman–Crippen LogP) is 2.57. The minimum absolute atomic E-state index is 0.0453. The molecule has 2 amide bonds. The standard InChI is InChI=1S/C20H30FN3O2/c1-15(2)18(23-19(25)16-9-4-5-10-17(16)21)20(26)22-11-8-14-24-12-6-3-7-13-24/h4-5,9-10,15,18H,3,6-8,11-14H2,1-2H3,(H,22,26)(H,23,25). The molecule has 1 aliphatic rings. The van der Waals surface area contributed by atoms with Crippen LogP contribution in [-0.2, 0) is 4.79 Å². The molecule has 1 atom stereocenters. The van der Waals surface area contributed by atoms with E-state index in [1.807, 2.05) is 13.8 Å². The van der Waals surface area contributed by atoms with Crippen molar-refractivity contribution in [1.82, 2.24) is 15.5 Å². The van der Waals surface area contributed by atoms with Crippen LogP contribution in [0.3, 0.4) is 0 Å². The number of rotatable bonds is 8. The molecule has 1 saturated heterocycles. The Kier molecular flexibility index (Phi) is 8.04. The molecule has 6 heteroatoms. The number of nitrogens with zero attached hydrogens (tertiary/aromatic N) is 1. The van der Waals surface area contributed by atoms with Crippen molar-refractivity contribution in [2.24, 2.45) is 5.92 Å². The molecule has 2 N–H and O–H groups in total. The molecular weight excluding hydrogens is 333 g/mol. The highest BCUT2D eigenvalue weighted by atomic mass is 19.1. The van der Waals surface area contributed by atoms with Gasteiger partial charge in [0.05, 0.1) is 5.56 Å². The van der Waals surface area contributed by atoms with Gasteiger partial charge in [0.25, 0.3) is 5.91 Å². The number of halogens is 1. The van der Waals surface area contributed by atoms with Crippen LogP contribution >= 0.6 is 0 Å². The Morgan fingerprint density at radius 1 is 1.15 bits per heavy atom. The first-order valence-electron chi connectivity index (χ1n) is 9.54. The molecule has 5 nitrogen and oxygen atoms in total. The molecule has 1 unspecified atom stereocenters. The van der Waals surface area contributed by atoms with Gasteiger partial charge in [0.15, 0.2) is 0 Å². The molecule has 0 bridgehead atoms. The van der Waals surface area contributed by atoms with Gasteiger partial charge in [-0.1, -0.05) is 32.4 Å². The fourth-order valence-electron chi connectivity index (χ4n) is 3.21. The minimum atomic E-state index is -0.683. The third-order valence-corrected chi connectivity index (χ3v) is 4.75. The van der Waals surface area contributed by atoms with Crippen LogP contribution in [0.15, 0.2) is 24.3 Å². The van der Waals surface area contributed by atoms with E-state index < -0.39 is 17.8 Å². The Hall–Kier alpha value is -1.95. The summed E-state index contributed by atoms with van der Waals surface area (Å²) in [5.41, 5.74) is -0.0453. The van der Waals surface area contributed by atoms with Crippen molar-refractivity contribution in [3.8, 4) is 0 Å². The minimum Gasteiger partial charge on any atom is -0.354 e. The van der Waals surface area contributed by atoms with Crippen LogP contribution in [0.2, 0.25) is 0 Å². The van der Waals surface area contributed by atoms with Crippen LogP contribution in [-0.4, -0.2) is 48.9 Å². The van der Waals surface area contributed by atoms with Crippen molar-refractivity contribution in [3.63, 3.8) is 0 Å². The third kappa shape index (κ3) is 6.09. The molecule has 1 fully saturated rings. The normalized spacial score (nSPS) is 16.3. The highest BCUT2D eigenvalue weighted by Gasteiger charge is 2.25. The summed E-state index contributed by atoms with van der Waals surface area (Å²) in [6, 6.07) is 5.10. The first kappa shape index (κ1) is 20.4. The largest absolute Gasteiger partial charge is 0.354 e. The van der Waals surface area contributed by atoms with E-state index in [4.69, 9.17) is 0 Å². The summed E-state index contributed by atoms with van der Waals surface area (Å²) in [5.74, 6) is -1.46. The molecule has 0 saturated carbocycles. The molecule has 1 aromatic rings. The van der Waals surface area contributed by atoms with Gasteiger partial charge < -0.3 is 15.5 Å². The number of likely N-dealkylation sites (tertiary alicyclic amines) is 1. The maximum atomic E-state index is 13.8. The SMILES string of the molecule is CC(C)C(NC(=O)c1ccccc1F)C(=O)NCCCN1CCCCC1. The number of hydrogen-bond donors (Lipinski definition) is 2. The zero-order chi connectivity index (χ0) is 18.9. The number of nitrogens with one attached hydrogen (secondary N) is 2. The average molecular weight is 363 g/mol. The Morgan fingerprint density at radius 2 is 1.85 bits per heavy atom. The summed E-state index contributed by atoms with van der Waals surface area (Å²) < 4.78 is 13.8. The quantitative estimate of drug-likeness (QED) is 0.698. The summed E-state index contributed by atoms with van der Waals surface area (Å²) >= 11 is 0. The summed E-state index contributed by atoms with van der Waals surface area (Å²) in [7, 11) is 0. The van der Waals surface area contributed by atoms with Gasteiger partial charge in [-0.15, -0.1) is 0 Å². The average Bonchev–Trinajstić information content (AvgIpc) is 2.64. The fourth-order valence-corrected chi connectivity index (χ4v) is 3.21. The second kappa shape index (κ2) is 10.3. The van der Waals surface area contributed by atoms with E-state index in [2.05, 4.69) is 15.5 Å². The van der Waals surface area contributed by atoms with Crippen LogP contribution in [0, 0.1) is 11.7 Å². The highest BCUT2D eigenvalue weighted by Crippen LogP contribution is 2.10. The molecule has 2 rings (SSSR count). The number of carbonyl (C=O) groups excluding carboxylic acids is 2. The Morgan fingerprint density at radius 3 is 2.50 bits per heavy atom. The summed E-state index contributed by atoms with van der Waals surface area (Å²) in [6.07, 6.45) is 4.70. The molecule has 0 radical (unpaired) electrons. The van der Waals surface area contributed by atoms with Crippen molar-refractivity contribution in [2.45, 2.75) is 45.6 Å². The maximum absolute atomic E-state index is 13.8. The Labute approximate surface area is 155 Å². The van der Waals surface area contributed by atoms with Crippen molar-refractivity contribution >= 4 is 11.8 Å². The first-order chi connectivity index (χ1) is 12.5. The lowest BCUT2D eigenvalue weighted by molar-refractivity contribution is -0.123. The van der Waals surface area contributed by atoms with Crippen LogP contribution in [0.25, 0.3) is 0 Å². The van der Waals surface area contributed by atoms with E-state index in [1.54, 1.807) is 6.07 Å². The second-order valence-electron chi connectivity index (χ2n) is 7.22. The smallest absolute Gasteiger partial charge is 0.254 e. The van der Waals surface area contributed by atoms with E-state index in [0.717, 1.165) is 26.1 Å². The van der Waals surface area contributed by atoms with E-state index in [1.165, 1.54) is 37.5 Å². The highest BCUT2D eigenvalue weighted by molar-refractivity contribution is 5.97. The molecule has 1 aromatic carbocycles. The lowest BCUT2D eigenvalue weighted by atomic mass is 10.0. The molecule has 0 spiro atoms. The van der Waals surface area contributed by atoms with Gasteiger partial charge in [-0.3, -0.25) is 9.59 Å². The third-order valence-electron chi connectivity index (χ3n) is 4.75. The zero-order valence-electron chi connectivity index (χ0n) is 15.8. The molecule has 144 valence electrons. The second-order valence-corrected chi connectivity index (χ2v) is 7.22. The van der Waals surface area contributed by atoms with E-state index in [-0.39, 0.29) is 17.4 Å². The van der Waals surface area contributed by atoms with E-state index >= 15 is 0 Å². The number of benzene rings is 1. The monoisotopic (exact) mass is 363 g/mol. The van der Waals surface area contributed by atoms with Crippen molar-refractivity contribution < 1.29 is 14.0 Å². The fraction of sp³-hybridized carbons (Fsp3) is 0.600. The first-order valence-corrected chi connectivity index (χ1v) is 9.54. The molecule has 1 aliphatic heterocycles. The topological polar surface area (TPSA) is 61.4 Å². The number of piperidine rings is 1. The number of hydrogen-bond acceptors (Lipinski definition) is 3. The van der Waals surface area contributed by atoms with Crippen molar-refractivity contribution in [2.75, 3.05) is 26.2 Å². The van der Waals surface area contributed by atoms with Gasteiger partial charge in [-0.25, -0.2) is 4.39 Å². The number of carbonyl (C=O) groups is 2. The van der Waals surface area contributed by atoms with Crippen LogP contribution in [0.4, 0.5) is 4.39 Å². The van der Waals surface area contributed by atoms with Gasteiger partial charge in [0.1, 0.15) is 11.9 Å². The van der Waals surface area contributed by atoms with Gasteiger partial charge in [0, 0.05) is 6.54 Å². The molecule has 0 aliphatic carbocycles. The van der Waals surface area contributed by atoms with Gasteiger partial charge in [-0.2, -0.15) is 0 Å². The zero-order valence-corrected chi connectivity index (χ0v) is 15.8. The summed E-state index contributed by atoms with van der Waals surface area (Å²) in [4.78, 5) is 27.2. The van der Waals surface area contributed by atoms with Gasteiger partial charge in [-0.05, 0) is 56.9 Å². The number of amides is 2. The molecular formula is C20H30FN3O2.